The van der Waals surface area contributed by atoms with E-state index in [1.807, 2.05) is 0 Å². The first-order chi connectivity index (χ1) is 31.8. The van der Waals surface area contributed by atoms with Crippen molar-refractivity contribution in [1.82, 2.24) is 0 Å². The number of aliphatic hydroxyl groups excluding tert-OH is 20. The molecule has 0 aliphatic carbocycles. The Kier molecular flexibility index (Phi) is 19.4. The van der Waals surface area contributed by atoms with Gasteiger partial charge in [-0.05, 0) is 0 Å². The zero-order valence-corrected chi connectivity index (χ0v) is 35.0. The van der Waals surface area contributed by atoms with Crippen LogP contribution in [0.2, 0.25) is 0 Å². The van der Waals surface area contributed by atoms with Crippen LogP contribution in [0, 0.1) is 0 Å². The Morgan fingerprint density at radius 1 is 0.299 bits per heavy atom. The summed E-state index contributed by atoms with van der Waals surface area (Å²) in [7, 11) is 0. The molecule has 20 N–H and O–H groups in total. The summed E-state index contributed by atoms with van der Waals surface area (Å²) in [5.41, 5.74) is 0. The second-order valence-corrected chi connectivity index (χ2v) is 16.8. The summed E-state index contributed by atoms with van der Waals surface area (Å²) in [4.78, 5) is 0. The predicted octanol–water partition coefficient (Wildman–Crippen LogP) is -14.1. The molecule has 6 heterocycles. The second kappa shape index (κ2) is 23.5. The molecule has 0 bridgehead atoms. The molecule has 6 aliphatic rings. The van der Waals surface area contributed by atoms with Crippen LogP contribution in [0.3, 0.4) is 0 Å². The Hall–Kier alpha value is -1.24. The van der Waals surface area contributed by atoms with Gasteiger partial charge in [0.2, 0.25) is 0 Å². The van der Waals surface area contributed by atoms with E-state index in [9.17, 15) is 102 Å². The van der Waals surface area contributed by atoms with Crippen LogP contribution in [-0.4, -0.2) is 326 Å². The van der Waals surface area contributed by atoms with Gasteiger partial charge in [0, 0.05) is 0 Å². The highest BCUT2D eigenvalue weighted by Crippen LogP contribution is 2.37. The summed E-state index contributed by atoms with van der Waals surface area (Å²) in [6.45, 7) is -5.82. The largest absolute Gasteiger partial charge is 0.394 e. The molecule has 392 valence electrons. The lowest BCUT2D eigenvalue weighted by Gasteiger charge is -2.49. The van der Waals surface area contributed by atoms with E-state index in [4.69, 9.17) is 52.1 Å². The van der Waals surface area contributed by atoms with Crippen molar-refractivity contribution in [3.8, 4) is 0 Å². The zero-order chi connectivity index (χ0) is 49.3. The fourth-order valence-electron chi connectivity index (χ4n) is 8.51. The molecule has 0 aromatic rings. The van der Waals surface area contributed by atoms with E-state index in [-0.39, 0.29) is 0 Å². The first-order valence-electron chi connectivity index (χ1n) is 21.1. The van der Waals surface area contributed by atoms with Crippen LogP contribution in [0.25, 0.3) is 0 Å². The van der Waals surface area contributed by atoms with Crippen molar-refractivity contribution >= 4 is 0 Å². The van der Waals surface area contributed by atoms with E-state index in [0.717, 1.165) is 0 Å². The summed E-state index contributed by atoms with van der Waals surface area (Å²) in [5, 5.41) is 211. The van der Waals surface area contributed by atoms with E-state index in [2.05, 4.69) is 0 Å². The maximum Gasteiger partial charge on any atom is 0.187 e. The fourth-order valence-corrected chi connectivity index (χ4v) is 8.51. The standard InChI is InChI=1S/C36H62O31/c37-1-7(43)25-30(24(55)36(62-25)63-26-14(45)9(3-39)57-31(56)20(26)51)67-35-23(54)29(17(48)12(6-42)61-35)66-34-22(53)28(16(47)11(5-41)60-34)65-33-21(52)27(15(46)10(4-40)59-33)64-32-19(50)18(49)13(44)8(2-38)58-32/h7-56H,1-6H2/t7-,8?,9?,10?,11?,12?,13?,14?,15?,16?,17?,18?,19?,20?,21?,22?,23?,24?,25?,26?,27?,28?,29?,30?,31?,32?,33?,34?,35?,36?/m1/s1. The number of aliphatic hydroxyl groups is 20. The van der Waals surface area contributed by atoms with E-state index in [1.54, 1.807) is 0 Å². The highest BCUT2D eigenvalue weighted by Gasteiger charge is 2.58. The molecular weight excluding hydrogens is 928 g/mol. The maximum atomic E-state index is 11.5. The Morgan fingerprint density at radius 2 is 0.582 bits per heavy atom. The number of ether oxygens (including phenoxy) is 11. The van der Waals surface area contributed by atoms with Crippen molar-refractivity contribution in [2.45, 2.75) is 184 Å². The Balaban J connectivity index is 1.18. The van der Waals surface area contributed by atoms with E-state index in [0.29, 0.717) is 0 Å². The SMILES string of the molecule is OCC1OC(OC2C(O)C(CO)OC(OC3C(O)C(CO)OC(OC4C(O)C(CO)OC(OC5C(O)C(OC6C(O)C(O)OC(CO)C6O)OC5[C@H](O)CO)C4O)C3O)C2O)C(O)C(O)C1O. The third-order valence-electron chi connectivity index (χ3n) is 12.4. The molecular formula is C36H62O31. The Bertz CT molecular complexity index is 1510. The Morgan fingerprint density at radius 3 is 0.940 bits per heavy atom. The predicted molar refractivity (Wildman–Crippen MR) is 199 cm³/mol. The van der Waals surface area contributed by atoms with Crippen molar-refractivity contribution in [1.29, 1.82) is 0 Å². The van der Waals surface area contributed by atoms with Crippen molar-refractivity contribution in [2.24, 2.45) is 0 Å². The summed E-state index contributed by atoms with van der Waals surface area (Å²) in [6.07, 6.45) is -58.1. The van der Waals surface area contributed by atoms with Gasteiger partial charge in [0.25, 0.3) is 0 Å². The van der Waals surface area contributed by atoms with Gasteiger partial charge < -0.3 is 154 Å². The molecule has 6 aliphatic heterocycles. The highest BCUT2D eigenvalue weighted by molar-refractivity contribution is 5.00. The van der Waals surface area contributed by atoms with Gasteiger partial charge in [0.1, 0.15) is 146 Å². The second-order valence-electron chi connectivity index (χ2n) is 16.8. The fraction of sp³-hybridized carbons (Fsp3) is 1.00. The minimum atomic E-state index is -2.25. The van der Waals surface area contributed by atoms with Crippen LogP contribution in [-0.2, 0) is 52.1 Å². The highest BCUT2D eigenvalue weighted by atomic mass is 16.8. The van der Waals surface area contributed by atoms with E-state index >= 15 is 0 Å². The molecule has 30 atom stereocenters. The van der Waals surface area contributed by atoms with Crippen molar-refractivity contribution in [3.63, 3.8) is 0 Å². The topological polar surface area (TPSA) is 506 Å². The van der Waals surface area contributed by atoms with Gasteiger partial charge in [-0.25, -0.2) is 0 Å². The average molecular weight is 991 g/mol. The molecule has 67 heavy (non-hydrogen) atoms. The summed E-state index contributed by atoms with van der Waals surface area (Å²) in [5.74, 6) is 0. The van der Waals surface area contributed by atoms with E-state index < -0.39 is 224 Å². The van der Waals surface area contributed by atoms with Gasteiger partial charge >= 0.3 is 0 Å². The van der Waals surface area contributed by atoms with Gasteiger partial charge in [-0.3, -0.25) is 0 Å². The summed E-state index contributed by atoms with van der Waals surface area (Å²) >= 11 is 0. The lowest BCUT2D eigenvalue weighted by atomic mass is 9.95. The third-order valence-corrected chi connectivity index (χ3v) is 12.4. The molecule has 29 unspecified atom stereocenters. The molecule has 31 nitrogen and oxygen atoms in total. The molecule has 31 heteroatoms. The average Bonchev–Trinajstić information content (AvgIpc) is 3.62. The molecule has 6 saturated heterocycles. The van der Waals surface area contributed by atoms with Gasteiger partial charge in [0.15, 0.2) is 37.7 Å². The molecule has 0 aromatic heterocycles. The van der Waals surface area contributed by atoms with Crippen molar-refractivity contribution in [3.05, 3.63) is 0 Å². The Labute approximate surface area is 378 Å². The molecule has 0 spiro atoms. The molecule has 0 saturated carbocycles. The number of rotatable bonds is 17. The lowest BCUT2D eigenvalue weighted by molar-refractivity contribution is -0.392. The normalized spacial score (nSPS) is 52.6. The minimum Gasteiger partial charge on any atom is -0.394 e. The van der Waals surface area contributed by atoms with Crippen LogP contribution < -0.4 is 0 Å². The lowest BCUT2D eigenvalue weighted by Crippen LogP contribution is -2.68. The van der Waals surface area contributed by atoms with Crippen LogP contribution >= 0.6 is 0 Å². The molecule has 0 radical (unpaired) electrons. The minimum absolute atomic E-state index is 0.854. The van der Waals surface area contributed by atoms with Gasteiger partial charge in [-0.15, -0.1) is 0 Å². The van der Waals surface area contributed by atoms with Crippen LogP contribution in [0.15, 0.2) is 0 Å². The van der Waals surface area contributed by atoms with Crippen LogP contribution in [0.1, 0.15) is 0 Å². The zero-order valence-electron chi connectivity index (χ0n) is 35.0. The van der Waals surface area contributed by atoms with Gasteiger partial charge in [-0.2, -0.15) is 0 Å². The van der Waals surface area contributed by atoms with Crippen LogP contribution in [0.5, 0.6) is 0 Å². The molecule has 6 fully saturated rings. The summed E-state index contributed by atoms with van der Waals surface area (Å²) in [6, 6.07) is 0. The molecule has 0 aromatic carbocycles. The number of hydrogen-bond donors (Lipinski definition) is 20. The molecule has 6 rings (SSSR count). The van der Waals surface area contributed by atoms with Crippen molar-refractivity contribution in [2.75, 3.05) is 39.6 Å². The van der Waals surface area contributed by atoms with Crippen LogP contribution in [0.4, 0.5) is 0 Å². The first-order valence-corrected chi connectivity index (χ1v) is 21.1. The molecule has 0 amide bonds. The van der Waals surface area contributed by atoms with E-state index in [1.165, 1.54) is 0 Å². The summed E-state index contributed by atoms with van der Waals surface area (Å²) < 4.78 is 60.7. The number of hydrogen-bond acceptors (Lipinski definition) is 31. The smallest absolute Gasteiger partial charge is 0.187 e. The maximum absolute atomic E-state index is 11.5. The first kappa shape index (κ1) is 55.1. The third kappa shape index (κ3) is 11.2. The quantitative estimate of drug-likeness (QED) is 0.0643. The van der Waals surface area contributed by atoms with Crippen molar-refractivity contribution < 1.29 is 154 Å². The van der Waals surface area contributed by atoms with Gasteiger partial charge in [-0.1, -0.05) is 0 Å². The van der Waals surface area contributed by atoms with Gasteiger partial charge in [0.05, 0.1) is 39.6 Å². The monoisotopic (exact) mass is 990 g/mol.